The molecule has 4 heterocycles. The van der Waals surface area contributed by atoms with E-state index in [-0.39, 0.29) is 23.0 Å². The van der Waals surface area contributed by atoms with E-state index in [4.69, 9.17) is 21.1 Å². The second kappa shape index (κ2) is 13.7. The number of carboxylic acid groups (broad SMARTS) is 1. The van der Waals surface area contributed by atoms with E-state index in [9.17, 15) is 30.0 Å². The minimum Gasteiger partial charge on any atom is -0.479 e. The normalized spacial score (nSPS) is 24.0. The summed E-state index contributed by atoms with van der Waals surface area (Å²) in [5.74, 6) is -1.38. The van der Waals surface area contributed by atoms with Gasteiger partial charge >= 0.3 is 5.97 Å². The highest BCUT2D eigenvalue weighted by Gasteiger charge is 2.48. The Morgan fingerprint density at radius 2 is 1.80 bits per heavy atom. The number of anilines is 3. The number of rotatable bonds is 9. The molecule has 2 aliphatic heterocycles. The van der Waals surface area contributed by atoms with E-state index in [2.05, 4.69) is 20.2 Å². The van der Waals surface area contributed by atoms with Gasteiger partial charge in [-0.25, -0.2) is 9.78 Å². The van der Waals surface area contributed by atoms with Gasteiger partial charge in [0.05, 0.1) is 16.3 Å². The first-order chi connectivity index (χ1) is 21.1. The summed E-state index contributed by atoms with van der Waals surface area (Å²) in [5.41, 5.74) is 1.69. The van der Waals surface area contributed by atoms with E-state index >= 15 is 0 Å². The number of carboxylic acids is 1. The highest BCUT2D eigenvalue weighted by molar-refractivity contribution is 6.30. The summed E-state index contributed by atoms with van der Waals surface area (Å²) in [6.45, 7) is 2.24. The van der Waals surface area contributed by atoms with Crippen LogP contribution in [0.5, 0.6) is 5.75 Å². The minimum absolute atomic E-state index is 0.107. The number of amides is 1. The number of aromatic nitrogens is 2. The monoisotopic (exact) mass is 627 g/mol. The number of nitrogens with zero attached hydrogens (tertiary/aromatic N) is 4. The zero-order chi connectivity index (χ0) is 31.4. The van der Waals surface area contributed by atoms with Crippen molar-refractivity contribution in [2.75, 3.05) is 41.8 Å². The van der Waals surface area contributed by atoms with Crippen molar-refractivity contribution in [3.05, 3.63) is 71.6 Å². The molecular weight excluding hydrogens is 594 g/mol. The number of benzene rings is 1. The van der Waals surface area contributed by atoms with Gasteiger partial charge in [0.2, 0.25) is 6.29 Å². The standard InChI is InChI=1S/C30H34ClN5O8/c1-35(16-17-9-13-36(14-10-17)19-7-11-32-12-8-19)23-20(28(40)34-22-6-5-18(31)15-33-22)3-2-4-21(23)43-30-26(39)24(37)25(38)27(44-30)29(41)42/h2-8,11-12,15,17,24-27,30,37-39H,9-10,13-14,16H2,1H3,(H,41,42)(H,33,34,40)/t24-,25-,26+,27-,30+/m0/s1. The van der Waals surface area contributed by atoms with Crippen LogP contribution in [0.4, 0.5) is 17.2 Å². The molecule has 1 amide bonds. The molecule has 0 aliphatic carbocycles. The molecule has 0 unspecified atom stereocenters. The third-order valence-corrected chi connectivity index (χ3v) is 8.05. The predicted octanol–water partition coefficient (Wildman–Crippen LogP) is 2.01. The number of carbonyl (C=O) groups excluding carboxylic acids is 1. The maximum absolute atomic E-state index is 13.6. The molecule has 0 radical (unpaired) electrons. The minimum atomic E-state index is -1.87. The van der Waals surface area contributed by atoms with Crippen LogP contribution in [0.1, 0.15) is 23.2 Å². The number of nitrogens with one attached hydrogen (secondary N) is 1. The lowest BCUT2D eigenvalue weighted by atomic mass is 9.95. The van der Waals surface area contributed by atoms with Crippen LogP contribution in [0.3, 0.4) is 0 Å². The highest BCUT2D eigenvalue weighted by Crippen LogP contribution is 2.36. The van der Waals surface area contributed by atoms with E-state index in [1.807, 2.05) is 24.1 Å². The first kappa shape index (κ1) is 31.4. The number of aliphatic carboxylic acids is 1. The maximum atomic E-state index is 13.6. The van der Waals surface area contributed by atoms with Crippen molar-refractivity contribution in [3.8, 4) is 5.75 Å². The molecule has 0 saturated carbocycles. The lowest BCUT2D eigenvalue weighted by Crippen LogP contribution is -2.61. The molecule has 234 valence electrons. The molecule has 2 aromatic heterocycles. The molecule has 1 aromatic carbocycles. The number of aliphatic hydroxyl groups is 3. The van der Waals surface area contributed by atoms with Crippen LogP contribution >= 0.6 is 11.6 Å². The van der Waals surface area contributed by atoms with E-state index in [1.54, 1.807) is 42.7 Å². The van der Waals surface area contributed by atoms with Crippen LogP contribution in [-0.4, -0.2) is 99.7 Å². The molecule has 5 N–H and O–H groups in total. The number of halogens is 1. The average molecular weight is 628 g/mol. The van der Waals surface area contributed by atoms with Crippen LogP contribution in [0.25, 0.3) is 0 Å². The van der Waals surface area contributed by atoms with E-state index in [0.717, 1.165) is 31.6 Å². The number of piperidine rings is 1. The molecule has 3 aromatic rings. The van der Waals surface area contributed by atoms with Crippen molar-refractivity contribution in [2.45, 2.75) is 43.5 Å². The maximum Gasteiger partial charge on any atom is 0.335 e. The zero-order valence-electron chi connectivity index (χ0n) is 23.9. The van der Waals surface area contributed by atoms with Gasteiger partial charge in [-0.3, -0.25) is 9.78 Å². The van der Waals surface area contributed by atoms with Gasteiger partial charge in [0.1, 0.15) is 29.9 Å². The Morgan fingerprint density at radius 3 is 2.45 bits per heavy atom. The van der Waals surface area contributed by atoms with Crippen molar-refractivity contribution >= 4 is 40.7 Å². The lowest BCUT2D eigenvalue weighted by molar-refractivity contribution is -0.271. The Bertz CT molecular complexity index is 1440. The highest BCUT2D eigenvalue weighted by atomic mass is 35.5. The van der Waals surface area contributed by atoms with Crippen molar-refractivity contribution in [2.24, 2.45) is 5.92 Å². The number of aliphatic hydroxyl groups excluding tert-OH is 3. The van der Waals surface area contributed by atoms with E-state index < -0.39 is 42.6 Å². The lowest BCUT2D eigenvalue weighted by Gasteiger charge is -2.39. The SMILES string of the molecule is CN(CC1CCN(c2ccncc2)CC1)c1c(O[C@@H]2O[C@H](C(=O)O)[C@@H](O)[C@H](O)[C@H]2O)cccc1C(=O)Nc1ccc(Cl)cn1. The fourth-order valence-electron chi connectivity index (χ4n) is 5.51. The summed E-state index contributed by atoms with van der Waals surface area (Å²) in [4.78, 5) is 37.6. The van der Waals surface area contributed by atoms with Crippen LogP contribution in [-0.2, 0) is 9.53 Å². The summed E-state index contributed by atoms with van der Waals surface area (Å²) in [5, 5.41) is 43.6. The quantitative estimate of drug-likeness (QED) is 0.233. The second-order valence-electron chi connectivity index (χ2n) is 10.8. The van der Waals surface area contributed by atoms with Gasteiger partial charge in [0.15, 0.2) is 6.10 Å². The molecule has 5 rings (SSSR count). The van der Waals surface area contributed by atoms with Crippen LogP contribution < -0.4 is 19.9 Å². The third kappa shape index (κ3) is 7.03. The summed E-state index contributed by atoms with van der Waals surface area (Å²) in [7, 11) is 1.81. The molecule has 13 nitrogen and oxygen atoms in total. The topological polar surface area (TPSA) is 178 Å². The van der Waals surface area contributed by atoms with E-state index in [0.29, 0.717) is 17.3 Å². The summed E-state index contributed by atoms with van der Waals surface area (Å²) < 4.78 is 11.3. The van der Waals surface area contributed by atoms with Crippen molar-refractivity contribution in [1.82, 2.24) is 9.97 Å². The molecule has 0 bridgehead atoms. The third-order valence-electron chi connectivity index (χ3n) is 7.82. The Kier molecular flexibility index (Phi) is 9.81. The second-order valence-corrected chi connectivity index (χ2v) is 11.3. The smallest absolute Gasteiger partial charge is 0.335 e. The average Bonchev–Trinajstić information content (AvgIpc) is 3.02. The van der Waals surface area contributed by atoms with Crippen molar-refractivity contribution in [1.29, 1.82) is 0 Å². The molecule has 0 spiro atoms. The Hall–Kier alpha value is -4.01. The molecule has 5 atom stereocenters. The number of hydrogen-bond donors (Lipinski definition) is 5. The number of carbonyl (C=O) groups is 2. The van der Waals surface area contributed by atoms with Gasteiger partial charge in [-0.1, -0.05) is 17.7 Å². The molecule has 44 heavy (non-hydrogen) atoms. The number of hydrogen-bond acceptors (Lipinski definition) is 11. The zero-order valence-corrected chi connectivity index (χ0v) is 24.6. The van der Waals surface area contributed by atoms with Crippen molar-refractivity contribution < 1.29 is 39.5 Å². The number of pyridine rings is 2. The Balaban J connectivity index is 1.40. The fraction of sp³-hybridized carbons (Fsp3) is 0.400. The van der Waals surface area contributed by atoms with Gasteiger partial charge in [-0.05, 0) is 55.2 Å². The van der Waals surface area contributed by atoms with Gasteiger partial charge in [-0.15, -0.1) is 0 Å². The van der Waals surface area contributed by atoms with Crippen molar-refractivity contribution in [3.63, 3.8) is 0 Å². The Labute approximate surface area is 258 Å². The first-order valence-electron chi connectivity index (χ1n) is 14.1. The number of ether oxygens (including phenoxy) is 2. The molecule has 2 saturated heterocycles. The number of para-hydroxylation sites is 1. The van der Waals surface area contributed by atoms with Crippen LogP contribution in [0.15, 0.2) is 61.1 Å². The first-order valence-corrected chi connectivity index (χ1v) is 14.5. The molecule has 2 fully saturated rings. The van der Waals surface area contributed by atoms with Crippen LogP contribution in [0, 0.1) is 5.92 Å². The van der Waals surface area contributed by atoms with Gasteiger partial charge in [0, 0.05) is 51.0 Å². The molecule has 2 aliphatic rings. The molecule has 14 heteroatoms. The van der Waals surface area contributed by atoms with Gasteiger partial charge < -0.3 is 45.0 Å². The fourth-order valence-corrected chi connectivity index (χ4v) is 5.62. The predicted molar refractivity (Wildman–Crippen MR) is 161 cm³/mol. The molecular formula is C30H34ClN5O8. The summed E-state index contributed by atoms with van der Waals surface area (Å²) >= 11 is 5.94. The summed E-state index contributed by atoms with van der Waals surface area (Å²) in [6.07, 6.45) is -2.26. The van der Waals surface area contributed by atoms with E-state index in [1.165, 1.54) is 6.20 Å². The largest absolute Gasteiger partial charge is 0.479 e. The van der Waals surface area contributed by atoms with Gasteiger partial charge in [0.25, 0.3) is 5.91 Å². The van der Waals surface area contributed by atoms with Crippen LogP contribution in [0.2, 0.25) is 5.02 Å². The Morgan fingerprint density at radius 1 is 1.07 bits per heavy atom. The van der Waals surface area contributed by atoms with Gasteiger partial charge in [-0.2, -0.15) is 0 Å². The summed E-state index contributed by atoms with van der Waals surface area (Å²) in [6, 6.07) is 11.8.